The van der Waals surface area contributed by atoms with Crippen molar-refractivity contribution in [1.82, 2.24) is 10.3 Å². The summed E-state index contributed by atoms with van der Waals surface area (Å²) in [6, 6.07) is 6.04. The zero-order valence-electron chi connectivity index (χ0n) is 14.5. The van der Waals surface area contributed by atoms with Gasteiger partial charge in [-0.2, -0.15) is 0 Å². The first-order chi connectivity index (χ1) is 11.3. The Morgan fingerprint density at radius 1 is 1.29 bits per heavy atom. The van der Waals surface area contributed by atoms with Crippen LogP contribution >= 0.6 is 11.6 Å². The second kappa shape index (κ2) is 6.67. The maximum atomic E-state index is 12.2. The number of H-pyrrole nitrogens is 1. The van der Waals surface area contributed by atoms with E-state index >= 15 is 0 Å². The molecule has 2 N–H and O–H groups in total. The number of aromatic nitrogens is 1. The lowest BCUT2D eigenvalue weighted by molar-refractivity contribution is 0.0485. The van der Waals surface area contributed by atoms with Gasteiger partial charge in [0.25, 0.3) is 0 Å². The summed E-state index contributed by atoms with van der Waals surface area (Å²) in [5.41, 5.74) is 1.71. The van der Waals surface area contributed by atoms with Crippen LogP contribution in [0.15, 0.2) is 24.4 Å². The lowest BCUT2D eigenvalue weighted by atomic mass is 9.80. The van der Waals surface area contributed by atoms with Crippen molar-refractivity contribution < 1.29 is 9.53 Å². The van der Waals surface area contributed by atoms with E-state index in [2.05, 4.69) is 16.4 Å². The van der Waals surface area contributed by atoms with E-state index in [0.29, 0.717) is 0 Å². The highest BCUT2D eigenvalue weighted by atomic mass is 35.5. The van der Waals surface area contributed by atoms with Gasteiger partial charge in [0.15, 0.2) is 0 Å². The standard InChI is InChI=1S/C19H25ClN2O2/c1-19(2,3)24-18(23)22-16-10-5-4-7-12(16)14-11-21-17-13(14)8-6-9-15(17)20/h6,8-9,11-12,16,21H,4-5,7,10H2,1-3H3,(H,22,23)/t12-,16+/m0/s1. The average molecular weight is 349 g/mol. The first-order valence-electron chi connectivity index (χ1n) is 8.60. The minimum atomic E-state index is -0.484. The fourth-order valence-electron chi connectivity index (χ4n) is 3.58. The Balaban J connectivity index is 1.84. The molecule has 1 fully saturated rings. The first-order valence-corrected chi connectivity index (χ1v) is 8.98. The van der Waals surface area contributed by atoms with Gasteiger partial charge in [-0.05, 0) is 45.2 Å². The van der Waals surface area contributed by atoms with Crippen LogP contribution in [0.3, 0.4) is 0 Å². The molecule has 0 bridgehead atoms. The van der Waals surface area contributed by atoms with E-state index in [-0.39, 0.29) is 18.1 Å². The maximum Gasteiger partial charge on any atom is 0.407 e. The predicted octanol–water partition coefficient (Wildman–Crippen LogP) is 5.37. The Bertz CT molecular complexity index is 733. The molecule has 0 aliphatic heterocycles. The van der Waals surface area contributed by atoms with Gasteiger partial charge in [-0.3, -0.25) is 0 Å². The fourth-order valence-corrected chi connectivity index (χ4v) is 3.81. The van der Waals surface area contributed by atoms with E-state index < -0.39 is 5.60 Å². The lowest BCUT2D eigenvalue weighted by Crippen LogP contribution is -2.43. The minimum absolute atomic E-state index is 0.0894. The number of rotatable bonds is 2. The molecule has 5 heteroatoms. The third-order valence-corrected chi connectivity index (χ3v) is 4.88. The number of halogens is 1. The van der Waals surface area contributed by atoms with Crippen molar-refractivity contribution in [3.63, 3.8) is 0 Å². The number of aromatic amines is 1. The summed E-state index contributed by atoms with van der Waals surface area (Å²) in [5.74, 6) is 0.276. The highest BCUT2D eigenvalue weighted by molar-refractivity contribution is 6.35. The second-order valence-electron chi connectivity index (χ2n) is 7.55. The molecule has 1 aromatic carbocycles. The number of amides is 1. The molecule has 4 nitrogen and oxygen atoms in total. The molecule has 1 aliphatic rings. The SMILES string of the molecule is CC(C)(C)OC(=O)N[C@@H]1CCCC[C@H]1c1c[nH]c2c(Cl)cccc12. The number of para-hydroxylation sites is 1. The van der Waals surface area contributed by atoms with Crippen molar-refractivity contribution in [1.29, 1.82) is 0 Å². The highest BCUT2D eigenvalue weighted by Gasteiger charge is 2.31. The molecule has 0 spiro atoms. The summed E-state index contributed by atoms with van der Waals surface area (Å²) in [6.45, 7) is 5.64. The Kier molecular flexibility index (Phi) is 4.77. The van der Waals surface area contributed by atoms with Crippen LogP contribution in [0.5, 0.6) is 0 Å². The van der Waals surface area contributed by atoms with Crippen LogP contribution in [-0.2, 0) is 4.74 Å². The number of carbonyl (C=O) groups excluding carboxylic acids is 1. The summed E-state index contributed by atoms with van der Waals surface area (Å²) in [5, 5.41) is 4.96. The third-order valence-electron chi connectivity index (χ3n) is 4.56. The number of ether oxygens (including phenoxy) is 1. The largest absolute Gasteiger partial charge is 0.444 e. The minimum Gasteiger partial charge on any atom is -0.444 e. The molecule has 0 saturated heterocycles. The van der Waals surface area contributed by atoms with Crippen molar-refractivity contribution in [2.75, 3.05) is 0 Å². The van der Waals surface area contributed by atoms with Crippen molar-refractivity contribution in [2.24, 2.45) is 0 Å². The average Bonchev–Trinajstić information content (AvgIpc) is 2.91. The van der Waals surface area contributed by atoms with Crippen LogP contribution in [0.4, 0.5) is 4.79 Å². The molecular formula is C19H25ClN2O2. The summed E-state index contributed by atoms with van der Waals surface area (Å²) in [4.78, 5) is 15.5. The van der Waals surface area contributed by atoms with Crippen LogP contribution in [0.1, 0.15) is 57.9 Å². The molecule has 1 heterocycles. The van der Waals surface area contributed by atoms with E-state index in [0.717, 1.165) is 35.2 Å². The van der Waals surface area contributed by atoms with Gasteiger partial charge in [-0.25, -0.2) is 4.79 Å². The summed E-state index contributed by atoms with van der Waals surface area (Å²) < 4.78 is 5.43. The van der Waals surface area contributed by atoms with Gasteiger partial charge in [0.1, 0.15) is 5.60 Å². The Morgan fingerprint density at radius 3 is 2.79 bits per heavy atom. The van der Waals surface area contributed by atoms with Crippen LogP contribution in [0, 0.1) is 0 Å². The van der Waals surface area contributed by atoms with E-state index in [1.54, 1.807) is 0 Å². The molecule has 24 heavy (non-hydrogen) atoms. The van der Waals surface area contributed by atoms with E-state index in [9.17, 15) is 4.79 Å². The summed E-state index contributed by atoms with van der Waals surface area (Å²) in [7, 11) is 0. The zero-order valence-corrected chi connectivity index (χ0v) is 15.2. The van der Waals surface area contributed by atoms with Gasteiger partial charge >= 0.3 is 6.09 Å². The van der Waals surface area contributed by atoms with Gasteiger partial charge < -0.3 is 15.0 Å². The lowest BCUT2D eigenvalue weighted by Gasteiger charge is -2.33. The van der Waals surface area contributed by atoms with E-state index in [1.807, 2.05) is 39.1 Å². The van der Waals surface area contributed by atoms with Gasteiger partial charge in [0, 0.05) is 23.5 Å². The molecule has 0 radical (unpaired) electrons. The van der Waals surface area contributed by atoms with Crippen LogP contribution in [0.25, 0.3) is 10.9 Å². The van der Waals surface area contributed by atoms with Crippen molar-refractivity contribution >= 4 is 28.6 Å². The summed E-state index contributed by atoms with van der Waals surface area (Å²) >= 11 is 6.28. The number of carbonyl (C=O) groups is 1. The number of fused-ring (bicyclic) bond motifs is 1. The molecular weight excluding hydrogens is 324 g/mol. The van der Waals surface area contributed by atoms with Crippen molar-refractivity contribution in [2.45, 2.75) is 64.0 Å². The Morgan fingerprint density at radius 2 is 2.04 bits per heavy atom. The number of nitrogens with one attached hydrogen (secondary N) is 2. The van der Waals surface area contributed by atoms with Gasteiger partial charge in [-0.1, -0.05) is 36.6 Å². The smallest absolute Gasteiger partial charge is 0.407 e. The molecule has 1 saturated carbocycles. The normalized spacial score (nSPS) is 21.7. The number of benzene rings is 1. The van der Waals surface area contributed by atoms with Gasteiger partial charge in [0.2, 0.25) is 0 Å². The first kappa shape index (κ1) is 17.2. The molecule has 2 atom stereocenters. The highest BCUT2D eigenvalue weighted by Crippen LogP contribution is 2.38. The van der Waals surface area contributed by atoms with Gasteiger partial charge in [0.05, 0.1) is 10.5 Å². The maximum absolute atomic E-state index is 12.2. The van der Waals surface area contributed by atoms with Crippen molar-refractivity contribution in [3.05, 3.63) is 35.0 Å². The number of hydrogen-bond donors (Lipinski definition) is 2. The van der Waals surface area contributed by atoms with Crippen LogP contribution < -0.4 is 5.32 Å². The Hall–Kier alpha value is -1.68. The molecule has 1 amide bonds. The van der Waals surface area contributed by atoms with Crippen LogP contribution in [-0.4, -0.2) is 22.7 Å². The predicted molar refractivity (Wildman–Crippen MR) is 97.7 cm³/mol. The van der Waals surface area contributed by atoms with E-state index in [4.69, 9.17) is 16.3 Å². The topological polar surface area (TPSA) is 54.1 Å². The second-order valence-corrected chi connectivity index (χ2v) is 7.96. The molecule has 2 aromatic rings. The monoisotopic (exact) mass is 348 g/mol. The molecule has 3 rings (SSSR count). The van der Waals surface area contributed by atoms with Gasteiger partial charge in [-0.15, -0.1) is 0 Å². The molecule has 130 valence electrons. The quantitative estimate of drug-likeness (QED) is 0.766. The number of alkyl carbamates (subject to hydrolysis) is 1. The molecule has 1 aromatic heterocycles. The zero-order chi connectivity index (χ0) is 17.3. The number of hydrogen-bond acceptors (Lipinski definition) is 2. The summed E-state index contributed by atoms with van der Waals surface area (Å²) in [6.07, 6.45) is 6.02. The third kappa shape index (κ3) is 3.69. The van der Waals surface area contributed by atoms with E-state index in [1.165, 1.54) is 12.0 Å². The molecule has 1 aliphatic carbocycles. The van der Waals surface area contributed by atoms with Crippen LogP contribution in [0.2, 0.25) is 5.02 Å². The molecule has 0 unspecified atom stereocenters. The Labute approximate surface area is 147 Å². The van der Waals surface area contributed by atoms with Crippen molar-refractivity contribution in [3.8, 4) is 0 Å². The fraction of sp³-hybridized carbons (Fsp3) is 0.526.